The van der Waals surface area contributed by atoms with E-state index in [4.69, 9.17) is 5.73 Å². The molecule has 0 bridgehead atoms. The van der Waals surface area contributed by atoms with Gasteiger partial charge >= 0.3 is 80.9 Å². The summed E-state index contributed by atoms with van der Waals surface area (Å²) in [5.74, 6) is -0.272. The molecule has 0 aliphatic rings. The van der Waals surface area contributed by atoms with Gasteiger partial charge in [-0.15, -0.1) is 0 Å². The van der Waals surface area contributed by atoms with E-state index in [1.165, 1.54) is 14.9 Å². The second kappa shape index (κ2) is 3.38. The summed E-state index contributed by atoms with van der Waals surface area (Å²) >= 11 is -0.625. The first kappa shape index (κ1) is 10.1. The first-order chi connectivity index (χ1) is 5.43. The molecule has 2 nitrogen and oxygen atoms in total. The average molecular weight is 290 g/mol. The van der Waals surface area contributed by atoms with Gasteiger partial charge in [-0.25, -0.2) is 0 Å². The molecule has 1 heterocycles. The normalized spacial score (nSPS) is 11.6. The number of nitrogens with two attached hydrogens (primary N) is 1. The molecule has 0 radical (unpaired) electrons. The number of carbonyl (C=O) groups is 1. The van der Waals surface area contributed by atoms with E-state index < -0.39 is 18.4 Å². The molecule has 0 saturated heterocycles. The Morgan fingerprint density at radius 1 is 1.50 bits per heavy atom. The van der Waals surface area contributed by atoms with Gasteiger partial charge in [-0.2, -0.15) is 0 Å². The minimum absolute atomic E-state index is 0.272. The van der Waals surface area contributed by atoms with Crippen molar-refractivity contribution in [3.8, 4) is 0 Å². The maximum absolute atomic E-state index is 11.0. The van der Waals surface area contributed by atoms with E-state index in [-0.39, 0.29) is 5.91 Å². The summed E-state index contributed by atoms with van der Waals surface area (Å²) in [6.45, 7) is 0. The second-order valence-corrected chi connectivity index (χ2v) is 19.1. The topological polar surface area (TPSA) is 43.1 Å². The molecule has 1 amide bonds. The summed E-state index contributed by atoms with van der Waals surface area (Å²) in [5.41, 5.74) is 5.26. The van der Waals surface area contributed by atoms with E-state index in [2.05, 4.69) is 20.9 Å². The standard InChI is InChI=1S/C5H4NOS.3CH3.Sn/c6-5(7)4-2-1-3-8-4;;;;/h1,3H,(H2,6,7);3*1H3;. The third-order valence-corrected chi connectivity index (χ3v) is 8.94. The van der Waals surface area contributed by atoms with Crippen LogP contribution in [-0.2, 0) is 0 Å². The Hall–Kier alpha value is -0.0313. The number of thiophene rings is 1. The van der Waals surface area contributed by atoms with Crippen LogP contribution in [0.25, 0.3) is 0 Å². The molecule has 0 aliphatic carbocycles. The van der Waals surface area contributed by atoms with Crippen molar-refractivity contribution in [2.45, 2.75) is 14.8 Å². The first-order valence-corrected chi connectivity index (χ1v) is 14.7. The van der Waals surface area contributed by atoms with E-state index in [1.54, 1.807) is 0 Å². The van der Waals surface area contributed by atoms with E-state index in [9.17, 15) is 4.79 Å². The SMILES string of the molecule is [CH3][Sn]([CH3])([CH3])[c]1ccsc1C(N)=O. The van der Waals surface area contributed by atoms with Crippen LogP contribution in [0.4, 0.5) is 0 Å². The van der Waals surface area contributed by atoms with Gasteiger partial charge in [0.2, 0.25) is 0 Å². The van der Waals surface area contributed by atoms with E-state index in [1.807, 2.05) is 5.38 Å². The van der Waals surface area contributed by atoms with Gasteiger partial charge in [0, 0.05) is 0 Å². The summed E-state index contributed by atoms with van der Waals surface area (Å²) in [4.78, 5) is 18.6. The Labute approximate surface area is 80.7 Å². The van der Waals surface area contributed by atoms with Gasteiger partial charge in [-0.1, -0.05) is 0 Å². The Morgan fingerprint density at radius 2 is 2.08 bits per heavy atom. The third-order valence-electron chi connectivity index (χ3n) is 1.70. The molecule has 1 rings (SSSR count). The van der Waals surface area contributed by atoms with Crippen LogP contribution >= 0.6 is 11.3 Å². The molecule has 0 aromatic carbocycles. The fourth-order valence-corrected chi connectivity index (χ4v) is 8.61. The van der Waals surface area contributed by atoms with Crippen molar-refractivity contribution in [3.63, 3.8) is 0 Å². The van der Waals surface area contributed by atoms with Gasteiger partial charge in [-0.05, 0) is 0 Å². The zero-order valence-corrected chi connectivity index (χ0v) is 11.2. The van der Waals surface area contributed by atoms with Crippen LogP contribution in [0.2, 0.25) is 14.8 Å². The molecule has 0 aliphatic heterocycles. The molecule has 1 aromatic rings. The molecule has 0 atom stereocenters. The van der Waals surface area contributed by atoms with Crippen LogP contribution in [0.5, 0.6) is 0 Å². The molecule has 1 aromatic heterocycles. The molecule has 0 unspecified atom stereocenters. The van der Waals surface area contributed by atoms with Gasteiger partial charge in [0.05, 0.1) is 0 Å². The van der Waals surface area contributed by atoms with Crippen LogP contribution in [0.15, 0.2) is 11.4 Å². The van der Waals surface area contributed by atoms with Crippen LogP contribution in [-0.4, -0.2) is 24.3 Å². The van der Waals surface area contributed by atoms with Gasteiger partial charge < -0.3 is 0 Å². The Morgan fingerprint density at radius 3 is 2.42 bits per heavy atom. The Kier molecular flexibility index (Phi) is 2.83. The van der Waals surface area contributed by atoms with Crippen molar-refractivity contribution in [1.82, 2.24) is 0 Å². The van der Waals surface area contributed by atoms with Crippen molar-refractivity contribution in [2.75, 3.05) is 0 Å². The van der Waals surface area contributed by atoms with Crippen molar-refractivity contribution >= 4 is 39.2 Å². The zero-order chi connectivity index (χ0) is 9.35. The van der Waals surface area contributed by atoms with Crippen LogP contribution < -0.4 is 9.31 Å². The third kappa shape index (κ3) is 2.01. The van der Waals surface area contributed by atoms with Crippen LogP contribution in [0, 0.1) is 0 Å². The van der Waals surface area contributed by atoms with Crippen LogP contribution in [0.3, 0.4) is 0 Å². The van der Waals surface area contributed by atoms with Crippen molar-refractivity contribution in [2.24, 2.45) is 5.73 Å². The zero-order valence-electron chi connectivity index (χ0n) is 7.55. The quantitative estimate of drug-likeness (QED) is 0.822. The summed E-state index contributed by atoms with van der Waals surface area (Å²) in [7, 11) is 0. The average Bonchev–Trinajstić information content (AvgIpc) is 2.30. The molecular weight excluding hydrogens is 277 g/mol. The number of primary amides is 1. The van der Waals surface area contributed by atoms with Gasteiger partial charge in [0.25, 0.3) is 0 Å². The summed E-state index contributed by atoms with van der Waals surface area (Å²) in [6.07, 6.45) is 0. The van der Waals surface area contributed by atoms with E-state index in [0.29, 0.717) is 0 Å². The first-order valence-electron chi connectivity index (χ1n) is 3.80. The number of hydrogen-bond donors (Lipinski definition) is 1. The Bertz CT molecular complexity index is 300. The maximum atomic E-state index is 11.0. The molecule has 4 heteroatoms. The predicted octanol–water partition coefficient (Wildman–Crippen LogP) is 1.39. The van der Waals surface area contributed by atoms with Crippen molar-refractivity contribution in [3.05, 3.63) is 16.3 Å². The van der Waals surface area contributed by atoms with Gasteiger partial charge in [0.1, 0.15) is 0 Å². The summed E-state index contributed by atoms with van der Waals surface area (Å²) in [5, 5.41) is 1.96. The molecule has 0 saturated carbocycles. The van der Waals surface area contributed by atoms with Crippen molar-refractivity contribution in [1.29, 1.82) is 0 Å². The van der Waals surface area contributed by atoms with E-state index >= 15 is 0 Å². The number of carbonyl (C=O) groups excluding carboxylic acids is 1. The second-order valence-electron chi connectivity index (χ2n) is 3.78. The number of hydrogen-bond acceptors (Lipinski definition) is 2. The minimum atomic E-state index is -2.09. The number of amides is 1. The van der Waals surface area contributed by atoms with Crippen molar-refractivity contribution < 1.29 is 4.79 Å². The molecule has 2 N–H and O–H groups in total. The number of rotatable bonds is 2. The molecular formula is C8H13NOSSn. The molecule has 12 heavy (non-hydrogen) atoms. The monoisotopic (exact) mass is 291 g/mol. The Balaban J connectivity index is 3.17. The fraction of sp³-hybridized carbons (Fsp3) is 0.375. The predicted molar refractivity (Wildman–Crippen MR) is 55.8 cm³/mol. The van der Waals surface area contributed by atoms with Crippen LogP contribution in [0.1, 0.15) is 9.67 Å². The van der Waals surface area contributed by atoms with E-state index in [0.717, 1.165) is 4.88 Å². The fourth-order valence-electron chi connectivity index (χ4n) is 1.09. The molecule has 0 spiro atoms. The molecule has 0 fully saturated rings. The summed E-state index contributed by atoms with van der Waals surface area (Å²) in [6, 6.07) is 2.06. The van der Waals surface area contributed by atoms with Gasteiger partial charge in [-0.3, -0.25) is 0 Å². The summed E-state index contributed by atoms with van der Waals surface area (Å²) < 4.78 is 1.25. The van der Waals surface area contributed by atoms with Gasteiger partial charge in [0.15, 0.2) is 0 Å². The molecule has 66 valence electrons.